The summed E-state index contributed by atoms with van der Waals surface area (Å²) in [5, 5.41) is 24.1. The summed E-state index contributed by atoms with van der Waals surface area (Å²) in [5.74, 6) is -1.97. The lowest BCUT2D eigenvalue weighted by Gasteiger charge is -2.25. The molecule has 2 aromatic carbocycles. The van der Waals surface area contributed by atoms with E-state index in [9.17, 15) is 23.9 Å². The van der Waals surface area contributed by atoms with Crippen LogP contribution >= 0.6 is 0 Å². The van der Waals surface area contributed by atoms with Crippen molar-refractivity contribution in [3.8, 4) is 0 Å². The number of nitrogens with one attached hydrogen (secondary N) is 2. The molecule has 1 fully saturated rings. The van der Waals surface area contributed by atoms with E-state index in [1.54, 1.807) is 0 Å². The molecule has 0 unspecified atom stereocenters. The van der Waals surface area contributed by atoms with E-state index >= 15 is 0 Å². The van der Waals surface area contributed by atoms with Gasteiger partial charge in [-0.2, -0.15) is 0 Å². The molecule has 0 bridgehead atoms. The molecule has 0 aliphatic carbocycles. The minimum Gasteiger partial charge on any atom is -0.482 e. The number of amides is 2. The number of carboxylic acid groups (broad SMARTS) is 1. The Morgan fingerprint density at radius 1 is 1.21 bits per heavy atom. The minimum absolute atomic E-state index is 0.236. The number of aliphatic hydroxyl groups excluding tert-OH is 1. The Bertz CT molecular complexity index is 1380. The van der Waals surface area contributed by atoms with Crippen LogP contribution in [0.25, 0.3) is 11.1 Å². The van der Waals surface area contributed by atoms with Crippen molar-refractivity contribution in [1.82, 2.24) is 10.2 Å². The summed E-state index contributed by atoms with van der Waals surface area (Å²) in [6, 6.07) is 11.2. The van der Waals surface area contributed by atoms with E-state index in [2.05, 4.69) is 10.6 Å². The molecule has 10 heteroatoms. The van der Waals surface area contributed by atoms with E-state index in [1.165, 1.54) is 18.2 Å². The number of anilines is 1. The number of aliphatic hydroxyl groups is 1. The number of hydrogen-bond acceptors (Lipinski definition) is 6. The number of β-amino-alcohol motifs (C(OH)–C–C–N with tert-alkyl or cyclic N) is 1. The Morgan fingerprint density at radius 2 is 1.95 bits per heavy atom. The van der Waals surface area contributed by atoms with Gasteiger partial charge in [0.1, 0.15) is 23.7 Å². The molecule has 0 aromatic heterocycles. The summed E-state index contributed by atoms with van der Waals surface area (Å²) in [5.41, 5.74) is 3.19. The molecule has 0 saturated carbocycles. The second-order valence-electron chi connectivity index (χ2n) is 10.2. The van der Waals surface area contributed by atoms with Crippen molar-refractivity contribution >= 4 is 34.6 Å². The van der Waals surface area contributed by atoms with Crippen LogP contribution in [0.4, 0.5) is 10.1 Å². The number of allylic oxidation sites excluding steroid dienone is 1. The number of nitrogens with zero attached hydrogens (tertiary/aromatic N) is 1. The molecule has 5 rings (SSSR count). The fraction of sp³-hybridized carbons (Fsp3) is 0.321. The number of fused-ring (bicyclic) bond motifs is 1. The number of halogens is 1. The van der Waals surface area contributed by atoms with Gasteiger partial charge in [0.15, 0.2) is 0 Å². The third-order valence-electron chi connectivity index (χ3n) is 7.01. The molecule has 2 aromatic rings. The van der Waals surface area contributed by atoms with Crippen LogP contribution in [0, 0.1) is 5.82 Å². The first-order valence-electron chi connectivity index (χ1n) is 12.3. The molecular formula is C28H28FN3O6. The molecule has 1 saturated heterocycles. The van der Waals surface area contributed by atoms with Crippen LogP contribution in [-0.4, -0.2) is 63.7 Å². The molecular weight excluding hydrogens is 493 g/mol. The van der Waals surface area contributed by atoms with Gasteiger partial charge in [0.25, 0.3) is 5.91 Å². The molecule has 2 atom stereocenters. The predicted octanol–water partition coefficient (Wildman–Crippen LogP) is 2.52. The van der Waals surface area contributed by atoms with E-state index in [0.29, 0.717) is 35.7 Å². The maximum absolute atomic E-state index is 13.9. The molecule has 3 aliphatic rings. The number of rotatable bonds is 6. The molecule has 9 nitrogen and oxygen atoms in total. The topological polar surface area (TPSA) is 128 Å². The zero-order valence-electron chi connectivity index (χ0n) is 21.0. The number of likely N-dealkylation sites (tertiary alicyclic amines) is 1. The van der Waals surface area contributed by atoms with Crippen molar-refractivity contribution in [2.75, 3.05) is 18.4 Å². The third-order valence-corrected chi connectivity index (χ3v) is 7.01. The number of carbonyl (C=O) groups is 3. The van der Waals surface area contributed by atoms with Crippen LogP contribution in [-0.2, 0) is 25.7 Å². The Hall–Kier alpha value is -4.02. The first kappa shape index (κ1) is 25.6. The molecule has 38 heavy (non-hydrogen) atoms. The Morgan fingerprint density at radius 3 is 2.66 bits per heavy atom. The van der Waals surface area contributed by atoms with Gasteiger partial charge < -0.3 is 25.6 Å². The molecule has 4 N–H and O–H groups in total. The molecule has 3 heterocycles. The molecule has 198 valence electrons. The maximum atomic E-state index is 13.9. The van der Waals surface area contributed by atoms with Crippen LogP contribution in [0.5, 0.6) is 0 Å². The zero-order chi connectivity index (χ0) is 27.2. The predicted molar refractivity (Wildman–Crippen MR) is 137 cm³/mol. The van der Waals surface area contributed by atoms with Crippen LogP contribution < -0.4 is 10.6 Å². The van der Waals surface area contributed by atoms with Crippen molar-refractivity contribution in [2.45, 2.75) is 44.6 Å². The average Bonchev–Trinajstić information content (AvgIpc) is 3.48. The standard InChI is InChI=1S/C28H28FN3O6/c1-28(2)20(11-23(38-28)25-19-9-17(29)7-8-21(19)31-27(25)37)16-5-3-15(4-6-16)13-32-14-18(33)10-22(32)26(36)30-12-24(34)35/h3-9,11,18,22,33H,10,12-14H2,1-2H3,(H,30,36)(H,31,37)(H,34,35)/t18-,22+/m1/s1. The quantitative estimate of drug-likeness (QED) is 0.430. The van der Waals surface area contributed by atoms with Crippen LogP contribution in [0.1, 0.15) is 37.0 Å². The highest BCUT2D eigenvalue weighted by Gasteiger charge is 2.39. The second-order valence-corrected chi connectivity index (χ2v) is 10.2. The lowest BCUT2D eigenvalue weighted by molar-refractivity contribution is -0.138. The number of hydrogen-bond donors (Lipinski definition) is 4. The van der Waals surface area contributed by atoms with Gasteiger partial charge in [-0.3, -0.25) is 19.3 Å². The average molecular weight is 522 g/mol. The van der Waals surface area contributed by atoms with Crippen molar-refractivity contribution < 1.29 is 33.7 Å². The highest BCUT2D eigenvalue weighted by molar-refractivity contribution is 6.32. The van der Waals surface area contributed by atoms with Gasteiger partial charge in [-0.1, -0.05) is 24.3 Å². The van der Waals surface area contributed by atoms with Crippen LogP contribution in [0.2, 0.25) is 0 Å². The van der Waals surface area contributed by atoms with Crippen LogP contribution in [0.3, 0.4) is 0 Å². The van der Waals surface area contributed by atoms with Gasteiger partial charge >= 0.3 is 5.97 Å². The third kappa shape index (κ3) is 4.92. The fourth-order valence-corrected chi connectivity index (χ4v) is 5.23. The summed E-state index contributed by atoms with van der Waals surface area (Å²) in [6.45, 7) is 4.03. The first-order valence-corrected chi connectivity index (χ1v) is 12.3. The molecule has 0 spiro atoms. The van der Waals surface area contributed by atoms with Crippen LogP contribution in [0.15, 0.2) is 54.3 Å². The Labute approximate surface area is 218 Å². The minimum atomic E-state index is -1.13. The van der Waals surface area contributed by atoms with Gasteiger partial charge in [0, 0.05) is 29.9 Å². The largest absolute Gasteiger partial charge is 0.482 e. The van der Waals surface area contributed by atoms with Gasteiger partial charge in [-0.05, 0) is 55.7 Å². The lowest BCUT2D eigenvalue weighted by Crippen LogP contribution is -2.44. The van der Waals surface area contributed by atoms with Gasteiger partial charge in [0.05, 0.1) is 17.7 Å². The maximum Gasteiger partial charge on any atom is 0.322 e. The number of carboxylic acids is 1. The van der Waals surface area contributed by atoms with E-state index in [4.69, 9.17) is 9.84 Å². The van der Waals surface area contributed by atoms with E-state index in [0.717, 1.165) is 16.7 Å². The molecule has 0 radical (unpaired) electrons. The normalized spacial score (nSPS) is 24.0. The van der Waals surface area contributed by atoms with E-state index < -0.39 is 42.0 Å². The van der Waals surface area contributed by atoms with Crippen molar-refractivity contribution in [3.63, 3.8) is 0 Å². The second kappa shape index (κ2) is 9.70. The zero-order valence-corrected chi connectivity index (χ0v) is 21.0. The molecule has 3 aliphatic heterocycles. The highest BCUT2D eigenvalue weighted by atomic mass is 19.1. The Balaban J connectivity index is 1.37. The summed E-state index contributed by atoms with van der Waals surface area (Å²) in [7, 11) is 0. The SMILES string of the molecule is CC1(C)OC(=C2C(=O)Nc3ccc(F)cc32)C=C1c1ccc(CN2C[C@H](O)C[C@H]2C(=O)NCC(=O)O)cc1. The molecule has 2 amide bonds. The van der Waals surface area contributed by atoms with Gasteiger partial charge in [-0.15, -0.1) is 0 Å². The first-order chi connectivity index (χ1) is 18.0. The van der Waals surface area contributed by atoms with Gasteiger partial charge in [-0.25, -0.2) is 4.39 Å². The van der Waals surface area contributed by atoms with Crippen molar-refractivity contribution in [2.24, 2.45) is 0 Å². The highest BCUT2D eigenvalue weighted by Crippen LogP contribution is 2.44. The number of aliphatic carboxylic acids is 1. The summed E-state index contributed by atoms with van der Waals surface area (Å²) >= 11 is 0. The van der Waals surface area contributed by atoms with Crippen molar-refractivity contribution in [3.05, 3.63) is 76.8 Å². The summed E-state index contributed by atoms with van der Waals surface area (Å²) in [4.78, 5) is 37.8. The monoisotopic (exact) mass is 521 g/mol. The van der Waals surface area contributed by atoms with Crippen molar-refractivity contribution in [1.29, 1.82) is 0 Å². The van der Waals surface area contributed by atoms with Gasteiger partial charge in [0.2, 0.25) is 5.91 Å². The number of benzene rings is 2. The Kier molecular flexibility index (Phi) is 6.54. The summed E-state index contributed by atoms with van der Waals surface area (Å²) < 4.78 is 20.1. The van der Waals surface area contributed by atoms with E-state index in [1.807, 2.05) is 49.1 Å². The lowest BCUT2D eigenvalue weighted by atomic mass is 9.91. The van der Waals surface area contributed by atoms with E-state index in [-0.39, 0.29) is 12.3 Å². The number of carbonyl (C=O) groups excluding carboxylic acids is 2. The number of ether oxygens (including phenoxy) is 1. The summed E-state index contributed by atoms with van der Waals surface area (Å²) in [6.07, 6.45) is 1.37. The smallest absolute Gasteiger partial charge is 0.322 e. The fourth-order valence-electron chi connectivity index (χ4n) is 5.23.